The zero-order valence-corrected chi connectivity index (χ0v) is 12.4. The molecule has 22 heavy (non-hydrogen) atoms. The molecule has 5 heteroatoms. The molecule has 0 bridgehead atoms. The van der Waals surface area contributed by atoms with Gasteiger partial charge in [-0.2, -0.15) is 0 Å². The van der Waals surface area contributed by atoms with E-state index in [1.807, 2.05) is 31.2 Å². The first kappa shape index (κ1) is 15.7. The van der Waals surface area contributed by atoms with Gasteiger partial charge in [0.05, 0.1) is 0 Å². The normalized spacial score (nSPS) is 10.1. The van der Waals surface area contributed by atoms with Crippen molar-refractivity contribution in [1.29, 1.82) is 0 Å². The number of halogens is 1. The summed E-state index contributed by atoms with van der Waals surface area (Å²) in [5, 5.41) is 4.91. The van der Waals surface area contributed by atoms with Crippen LogP contribution in [0.3, 0.4) is 0 Å². The lowest BCUT2D eigenvalue weighted by Gasteiger charge is -2.09. The molecule has 0 heterocycles. The molecular formula is C17H17FN2O2. The minimum atomic E-state index is -0.822. The zero-order chi connectivity index (χ0) is 16.1. The number of aryl methyl sites for hydroxylation is 2. The highest BCUT2D eigenvalue weighted by atomic mass is 19.1. The van der Waals surface area contributed by atoms with Crippen molar-refractivity contribution >= 4 is 17.5 Å². The average Bonchev–Trinajstić information content (AvgIpc) is 2.50. The van der Waals surface area contributed by atoms with Crippen LogP contribution in [-0.2, 0) is 16.1 Å². The van der Waals surface area contributed by atoms with Gasteiger partial charge in [0.15, 0.2) is 0 Å². The molecule has 4 nitrogen and oxygen atoms in total. The highest BCUT2D eigenvalue weighted by Crippen LogP contribution is 2.13. The lowest BCUT2D eigenvalue weighted by Crippen LogP contribution is -2.35. The summed E-state index contributed by atoms with van der Waals surface area (Å²) in [5.74, 6) is -2.01. The van der Waals surface area contributed by atoms with Gasteiger partial charge in [0.1, 0.15) is 5.82 Å². The Morgan fingerprint density at radius 1 is 1.00 bits per heavy atom. The van der Waals surface area contributed by atoms with Gasteiger partial charge in [0.2, 0.25) is 0 Å². The second kappa shape index (κ2) is 6.85. The molecule has 0 aliphatic rings. The molecule has 0 aliphatic carbocycles. The average molecular weight is 300 g/mol. The molecule has 0 radical (unpaired) electrons. The Balaban J connectivity index is 1.93. The maximum absolute atomic E-state index is 13.4. The van der Waals surface area contributed by atoms with Crippen LogP contribution in [-0.4, -0.2) is 11.8 Å². The first-order valence-corrected chi connectivity index (χ1v) is 6.87. The summed E-state index contributed by atoms with van der Waals surface area (Å²) in [6, 6.07) is 11.8. The van der Waals surface area contributed by atoms with Crippen molar-refractivity contribution in [3.63, 3.8) is 0 Å². The van der Waals surface area contributed by atoms with Gasteiger partial charge in [-0.1, -0.05) is 30.3 Å². The SMILES string of the molecule is Cc1ccc(NC(=O)C(=O)NCc2ccccc2C)cc1F. The lowest BCUT2D eigenvalue weighted by molar-refractivity contribution is -0.136. The molecule has 0 saturated carbocycles. The van der Waals surface area contributed by atoms with Crippen molar-refractivity contribution in [2.75, 3.05) is 5.32 Å². The van der Waals surface area contributed by atoms with Crippen molar-refractivity contribution in [1.82, 2.24) is 5.32 Å². The standard InChI is InChI=1S/C17H17FN2O2/c1-11-5-3-4-6-13(11)10-19-16(21)17(22)20-14-8-7-12(2)15(18)9-14/h3-9H,10H2,1-2H3,(H,19,21)(H,20,22). The number of amides is 2. The second-order valence-corrected chi connectivity index (χ2v) is 5.03. The number of nitrogens with one attached hydrogen (secondary N) is 2. The molecular weight excluding hydrogens is 283 g/mol. The van der Waals surface area contributed by atoms with Gasteiger partial charge in [-0.05, 0) is 42.7 Å². The quantitative estimate of drug-likeness (QED) is 0.856. The molecule has 0 saturated heterocycles. The van der Waals surface area contributed by atoms with Gasteiger partial charge in [-0.15, -0.1) is 0 Å². The van der Waals surface area contributed by atoms with E-state index in [2.05, 4.69) is 10.6 Å². The first-order chi connectivity index (χ1) is 10.5. The molecule has 0 unspecified atom stereocenters. The largest absolute Gasteiger partial charge is 0.344 e. The monoisotopic (exact) mass is 300 g/mol. The summed E-state index contributed by atoms with van der Waals surface area (Å²) in [7, 11) is 0. The Morgan fingerprint density at radius 3 is 2.41 bits per heavy atom. The Bertz CT molecular complexity index is 714. The van der Waals surface area contributed by atoms with Gasteiger partial charge < -0.3 is 10.6 Å². The number of carbonyl (C=O) groups excluding carboxylic acids is 2. The molecule has 2 amide bonds. The van der Waals surface area contributed by atoms with Crippen molar-refractivity contribution in [2.45, 2.75) is 20.4 Å². The highest BCUT2D eigenvalue weighted by Gasteiger charge is 2.14. The van der Waals surface area contributed by atoms with Gasteiger partial charge >= 0.3 is 11.8 Å². The van der Waals surface area contributed by atoms with E-state index in [1.165, 1.54) is 12.1 Å². The third kappa shape index (κ3) is 3.91. The third-order valence-corrected chi connectivity index (χ3v) is 3.34. The van der Waals surface area contributed by atoms with Crippen molar-refractivity contribution in [3.05, 3.63) is 65.0 Å². The van der Waals surface area contributed by atoms with Crippen LogP contribution in [0.25, 0.3) is 0 Å². The van der Waals surface area contributed by atoms with Crippen LogP contribution in [0.2, 0.25) is 0 Å². The summed E-state index contributed by atoms with van der Waals surface area (Å²) in [6.07, 6.45) is 0. The summed E-state index contributed by atoms with van der Waals surface area (Å²) in [5.41, 5.74) is 2.69. The fourth-order valence-corrected chi connectivity index (χ4v) is 1.92. The Labute approximate surface area is 128 Å². The lowest BCUT2D eigenvalue weighted by atomic mass is 10.1. The number of benzene rings is 2. The fourth-order valence-electron chi connectivity index (χ4n) is 1.92. The van der Waals surface area contributed by atoms with E-state index < -0.39 is 17.6 Å². The minimum Gasteiger partial charge on any atom is -0.344 e. The fraction of sp³-hybridized carbons (Fsp3) is 0.176. The second-order valence-electron chi connectivity index (χ2n) is 5.03. The molecule has 2 aromatic carbocycles. The van der Waals surface area contributed by atoms with Gasteiger partial charge in [-0.3, -0.25) is 9.59 Å². The number of rotatable bonds is 3. The van der Waals surface area contributed by atoms with Crippen LogP contribution in [0.15, 0.2) is 42.5 Å². The predicted molar refractivity (Wildman–Crippen MR) is 82.8 cm³/mol. The van der Waals surface area contributed by atoms with Crippen LogP contribution in [0, 0.1) is 19.7 Å². The molecule has 0 fully saturated rings. The maximum atomic E-state index is 13.4. The summed E-state index contributed by atoms with van der Waals surface area (Å²) >= 11 is 0. The minimum absolute atomic E-state index is 0.249. The van der Waals surface area contributed by atoms with Crippen LogP contribution < -0.4 is 10.6 Å². The number of hydrogen-bond donors (Lipinski definition) is 2. The Kier molecular flexibility index (Phi) is 4.88. The molecule has 0 aromatic heterocycles. The van der Waals surface area contributed by atoms with E-state index in [4.69, 9.17) is 0 Å². The molecule has 0 spiro atoms. The van der Waals surface area contributed by atoms with Crippen LogP contribution in [0.4, 0.5) is 10.1 Å². The number of anilines is 1. The topological polar surface area (TPSA) is 58.2 Å². The third-order valence-electron chi connectivity index (χ3n) is 3.34. The maximum Gasteiger partial charge on any atom is 0.313 e. The highest BCUT2D eigenvalue weighted by molar-refractivity contribution is 6.39. The smallest absolute Gasteiger partial charge is 0.313 e. The Morgan fingerprint density at radius 2 is 1.73 bits per heavy atom. The van der Waals surface area contributed by atoms with Gasteiger partial charge in [0.25, 0.3) is 0 Å². The van der Waals surface area contributed by atoms with Gasteiger partial charge in [0, 0.05) is 12.2 Å². The summed E-state index contributed by atoms with van der Waals surface area (Å²) in [6.45, 7) is 3.81. The molecule has 2 rings (SSSR count). The molecule has 0 aliphatic heterocycles. The van der Waals surface area contributed by atoms with Crippen LogP contribution in [0.1, 0.15) is 16.7 Å². The van der Waals surface area contributed by atoms with Crippen LogP contribution >= 0.6 is 0 Å². The van der Waals surface area contributed by atoms with Crippen molar-refractivity contribution in [2.24, 2.45) is 0 Å². The van der Waals surface area contributed by atoms with Crippen molar-refractivity contribution < 1.29 is 14.0 Å². The molecule has 2 aromatic rings. The van der Waals surface area contributed by atoms with E-state index in [0.29, 0.717) is 5.56 Å². The summed E-state index contributed by atoms with van der Waals surface area (Å²) in [4.78, 5) is 23.5. The molecule has 0 atom stereocenters. The molecule has 114 valence electrons. The number of carbonyl (C=O) groups is 2. The first-order valence-electron chi connectivity index (χ1n) is 6.87. The Hall–Kier alpha value is -2.69. The zero-order valence-electron chi connectivity index (χ0n) is 12.4. The van der Waals surface area contributed by atoms with E-state index in [9.17, 15) is 14.0 Å². The van der Waals surface area contributed by atoms with Crippen LogP contribution in [0.5, 0.6) is 0 Å². The van der Waals surface area contributed by atoms with Crippen molar-refractivity contribution in [3.8, 4) is 0 Å². The van der Waals surface area contributed by atoms with E-state index in [0.717, 1.165) is 11.1 Å². The molecule has 2 N–H and O–H groups in total. The van der Waals surface area contributed by atoms with Gasteiger partial charge in [-0.25, -0.2) is 4.39 Å². The van der Waals surface area contributed by atoms with E-state index in [-0.39, 0.29) is 12.2 Å². The van der Waals surface area contributed by atoms with E-state index >= 15 is 0 Å². The summed E-state index contributed by atoms with van der Waals surface area (Å²) < 4.78 is 13.4. The predicted octanol–water partition coefficient (Wildman–Crippen LogP) is 2.70. The number of hydrogen-bond acceptors (Lipinski definition) is 2. The van der Waals surface area contributed by atoms with E-state index in [1.54, 1.807) is 13.0 Å².